The average Bonchev–Trinajstić information content (AvgIpc) is 3.16. The van der Waals surface area contributed by atoms with E-state index in [9.17, 15) is 14.0 Å². The summed E-state index contributed by atoms with van der Waals surface area (Å²) in [5.41, 5.74) is 2.68. The smallest absolute Gasteiger partial charge is 0.270 e. The molecule has 0 bridgehead atoms. The molecule has 4 aromatic rings. The van der Waals surface area contributed by atoms with Crippen molar-refractivity contribution >= 4 is 51.8 Å². The van der Waals surface area contributed by atoms with E-state index in [1.807, 2.05) is 60.8 Å². The second kappa shape index (κ2) is 8.44. The summed E-state index contributed by atoms with van der Waals surface area (Å²) in [5, 5.41) is 3.25. The third-order valence-electron chi connectivity index (χ3n) is 5.51. The molecular weight excluding hydrogens is 437 g/mol. The first kappa shape index (κ1) is 20.8. The van der Waals surface area contributed by atoms with Crippen molar-refractivity contribution in [3.8, 4) is 0 Å². The Balaban J connectivity index is 1.59. The van der Waals surface area contributed by atoms with E-state index in [1.54, 1.807) is 6.07 Å². The number of nitrogens with one attached hydrogen (secondary N) is 1. The number of nitrogens with zero attached hydrogens (tertiary/aromatic N) is 2. The maximum atomic E-state index is 14.4. The van der Waals surface area contributed by atoms with Crippen molar-refractivity contribution in [2.75, 3.05) is 4.90 Å². The van der Waals surface area contributed by atoms with Crippen molar-refractivity contribution < 1.29 is 14.0 Å². The van der Waals surface area contributed by atoms with Gasteiger partial charge in [-0.2, -0.15) is 0 Å². The van der Waals surface area contributed by atoms with Crippen molar-refractivity contribution in [3.05, 3.63) is 108 Å². The largest absolute Gasteiger partial charge is 0.342 e. The Hall–Kier alpha value is -4.10. The quantitative estimate of drug-likeness (QED) is 0.277. The monoisotopic (exact) mass is 455 g/mol. The maximum Gasteiger partial charge on any atom is 0.270 e. The van der Waals surface area contributed by atoms with Gasteiger partial charge in [-0.3, -0.25) is 14.9 Å². The number of aromatic nitrogens is 1. The van der Waals surface area contributed by atoms with Crippen LogP contribution in [0.4, 0.5) is 10.1 Å². The number of amides is 2. The first-order chi connectivity index (χ1) is 16.0. The minimum atomic E-state index is -0.672. The summed E-state index contributed by atoms with van der Waals surface area (Å²) in [7, 11) is 0. The average molecular weight is 456 g/mol. The van der Waals surface area contributed by atoms with Crippen molar-refractivity contribution in [2.45, 2.75) is 6.54 Å². The summed E-state index contributed by atoms with van der Waals surface area (Å²) in [5.74, 6) is -1.89. The fourth-order valence-electron chi connectivity index (χ4n) is 3.97. The van der Waals surface area contributed by atoms with E-state index in [1.165, 1.54) is 24.3 Å². The van der Waals surface area contributed by atoms with Crippen LogP contribution >= 0.6 is 12.2 Å². The summed E-state index contributed by atoms with van der Waals surface area (Å²) >= 11 is 5.17. The highest BCUT2D eigenvalue weighted by atomic mass is 32.1. The molecule has 1 aliphatic heterocycles. The summed E-state index contributed by atoms with van der Waals surface area (Å²) in [6.07, 6.45) is 3.45. The first-order valence-corrected chi connectivity index (χ1v) is 10.7. The van der Waals surface area contributed by atoms with E-state index in [2.05, 4.69) is 9.88 Å². The summed E-state index contributed by atoms with van der Waals surface area (Å²) < 4.78 is 16.5. The number of halogens is 1. The Morgan fingerprint density at radius 1 is 0.909 bits per heavy atom. The van der Waals surface area contributed by atoms with Gasteiger partial charge in [0.05, 0.1) is 5.69 Å². The van der Waals surface area contributed by atoms with E-state index in [4.69, 9.17) is 12.2 Å². The van der Waals surface area contributed by atoms with Crippen LogP contribution in [0.1, 0.15) is 11.1 Å². The molecule has 0 saturated carbocycles. The molecule has 1 fully saturated rings. The molecule has 5 rings (SSSR count). The van der Waals surface area contributed by atoms with Gasteiger partial charge >= 0.3 is 0 Å². The molecule has 0 spiro atoms. The predicted molar refractivity (Wildman–Crippen MR) is 130 cm³/mol. The first-order valence-electron chi connectivity index (χ1n) is 10.3. The molecule has 1 N–H and O–H groups in total. The van der Waals surface area contributed by atoms with Crippen LogP contribution in [-0.2, 0) is 16.1 Å². The van der Waals surface area contributed by atoms with Gasteiger partial charge in [-0.1, -0.05) is 60.7 Å². The van der Waals surface area contributed by atoms with E-state index < -0.39 is 17.6 Å². The van der Waals surface area contributed by atoms with Crippen LogP contribution in [0.25, 0.3) is 17.0 Å². The minimum Gasteiger partial charge on any atom is -0.342 e. The molecule has 0 radical (unpaired) electrons. The third kappa shape index (κ3) is 3.83. The second-order valence-electron chi connectivity index (χ2n) is 7.62. The normalized spacial score (nSPS) is 15.4. The fraction of sp³-hybridized carbons (Fsp3) is 0.0385. The van der Waals surface area contributed by atoms with Crippen LogP contribution < -0.4 is 10.2 Å². The van der Waals surface area contributed by atoms with Crippen molar-refractivity contribution in [3.63, 3.8) is 0 Å². The third-order valence-corrected chi connectivity index (χ3v) is 5.79. The van der Waals surface area contributed by atoms with Gasteiger partial charge in [-0.15, -0.1) is 0 Å². The van der Waals surface area contributed by atoms with E-state index >= 15 is 0 Å². The predicted octanol–water partition coefficient (Wildman–Crippen LogP) is 4.66. The van der Waals surface area contributed by atoms with Gasteiger partial charge < -0.3 is 4.57 Å². The second-order valence-corrected chi connectivity index (χ2v) is 8.01. The Kier molecular flexibility index (Phi) is 5.32. The zero-order chi connectivity index (χ0) is 22.9. The van der Waals surface area contributed by atoms with Crippen molar-refractivity contribution in [1.82, 2.24) is 9.88 Å². The molecule has 0 aliphatic carbocycles. The standard InChI is InChI=1S/C26H18FN3O2S/c27-21-11-5-7-13-23(21)30-25(32)20(24(31)28-26(30)33)14-18-16-29(15-17-8-2-1-3-9-17)22-12-6-4-10-19(18)22/h1-14,16H,15H2,(H,28,31,33). The van der Waals surface area contributed by atoms with Crippen LogP contribution in [-0.4, -0.2) is 21.5 Å². The molecule has 1 aliphatic rings. The SMILES string of the molecule is O=C1NC(=S)N(c2ccccc2F)C(=O)C1=Cc1cn(Cc2ccccc2)c2ccccc12. The van der Waals surface area contributed by atoms with Crippen LogP contribution in [0.5, 0.6) is 0 Å². The maximum absolute atomic E-state index is 14.4. The lowest BCUT2D eigenvalue weighted by molar-refractivity contribution is -0.122. The molecular formula is C26H18FN3O2S. The number of hydrogen-bond donors (Lipinski definition) is 1. The number of rotatable bonds is 4. The van der Waals surface area contributed by atoms with Gasteiger partial charge in [0.1, 0.15) is 11.4 Å². The lowest BCUT2D eigenvalue weighted by Gasteiger charge is -2.29. The molecule has 1 aromatic heterocycles. The van der Waals surface area contributed by atoms with Crippen LogP contribution in [0.15, 0.2) is 90.6 Å². The minimum absolute atomic E-state index is 0.00935. The zero-order valence-electron chi connectivity index (χ0n) is 17.4. The fourth-order valence-corrected chi connectivity index (χ4v) is 4.24. The molecule has 7 heteroatoms. The van der Waals surface area contributed by atoms with Crippen LogP contribution in [0, 0.1) is 5.82 Å². The van der Waals surface area contributed by atoms with Crippen LogP contribution in [0.2, 0.25) is 0 Å². The van der Waals surface area contributed by atoms with Gasteiger partial charge in [0.25, 0.3) is 11.8 Å². The summed E-state index contributed by atoms with van der Waals surface area (Å²) in [6.45, 7) is 0.635. The molecule has 2 heterocycles. The number of hydrogen-bond acceptors (Lipinski definition) is 3. The van der Waals surface area contributed by atoms with Crippen LogP contribution in [0.3, 0.4) is 0 Å². The van der Waals surface area contributed by atoms with Gasteiger partial charge in [0.2, 0.25) is 0 Å². The Bertz CT molecular complexity index is 1440. The van der Waals surface area contributed by atoms with Gasteiger partial charge in [-0.25, -0.2) is 9.29 Å². The van der Waals surface area contributed by atoms with Gasteiger partial charge in [0, 0.05) is 29.2 Å². The molecule has 5 nitrogen and oxygen atoms in total. The lowest BCUT2D eigenvalue weighted by Crippen LogP contribution is -2.54. The van der Waals surface area contributed by atoms with Crippen molar-refractivity contribution in [1.29, 1.82) is 0 Å². The Morgan fingerprint density at radius 3 is 2.39 bits per heavy atom. The Labute approximate surface area is 194 Å². The van der Waals surface area contributed by atoms with E-state index in [0.717, 1.165) is 21.4 Å². The summed E-state index contributed by atoms with van der Waals surface area (Å²) in [4.78, 5) is 27.0. The zero-order valence-corrected chi connectivity index (χ0v) is 18.2. The molecule has 33 heavy (non-hydrogen) atoms. The number of fused-ring (bicyclic) bond motifs is 1. The molecule has 162 valence electrons. The lowest BCUT2D eigenvalue weighted by atomic mass is 10.1. The highest BCUT2D eigenvalue weighted by molar-refractivity contribution is 7.80. The number of carbonyl (C=O) groups is 2. The van der Waals surface area contributed by atoms with Gasteiger partial charge in [-0.05, 0) is 42.1 Å². The molecule has 3 aromatic carbocycles. The van der Waals surface area contributed by atoms with E-state index in [0.29, 0.717) is 12.1 Å². The Morgan fingerprint density at radius 2 is 1.61 bits per heavy atom. The topological polar surface area (TPSA) is 54.3 Å². The van der Waals surface area contributed by atoms with E-state index in [-0.39, 0.29) is 16.4 Å². The molecule has 2 amide bonds. The summed E-state index contributed by atoms with van der Waals surface area (Å²) in [6, 6.07) is 23.6. The number of carbonyl (C=O) groups excluding carboxylic acids is 2. The number of para-hydroxylation sites is 2. The molecule has 0 unspecified atom stereocenters. The molecule has 1 saturated heterocycles. The number of benzene rings is 3. The number of thiocarbonyl (C=S) groups is 1. The van der Waals surface area contributed by atoms with Gasteiger partial charge in [0.15, 0.2) is 5.11 Å². The molecule has 0 atom stereocenters. The van der Waals surface area contributed by atoms with Crippen molar-refractivity contribution in [2.24, 2.45) is 0 Å². The highest BCUT2D eigenvalue weighted by Gasteiger charge is 2.35. The highest BCUT2D eigenvalue weighted by Crippen LogP contribution is 2.28. The number of anilines is 1.